The minimum absolute atomic E-state index is 0.0548. The third kappa shape index (κ3) is 2.35. The third-order valence-corrected chi connectivity index (χ3v) is 1.47. The van der Waals surface area contributed by atoms with Crippen LogP contribution < -0.4 is 0 Å². The molecule has 0 aliphatic carbocycles. The van der Waals surface area contributed by atoms with Gasteiger partial charge in [0, 0.05) is 24.9 Å². The van der Waals surface area contributed by atoms with E-state index >= 15 is 0 Å². The molecular formula is C7H7F2N3O2. The van der Waals surface area contributed by atoms with E-state index in [9.17, 15) is 18.9 Å². The Labute approximate surface area is 77.8 Å². The molecule has 7 heteroatoms. The molecule has 0 unspecified atom stereocenters. The Morgan fingerprint density at radius 1 is 1.71 bits per heavy atom. The minimum atomic E-state index is -2.73. The van der Waals surface area contributed by atoms with Gasteiger partial charge in [-0.2, -0.15) is 5.10 Å². The molecule has 0 aliphatic rings. The largest absolute Gasteiger partial charge is 0.282 e. The Kier molecular flexibility index (Phi) is 2.90. The van der Waals surface area contributed by atoms with Gasteiger partial charge in [0.25, 0.3) is 6.43 Å². The van der Waals surface area contributed by atoms with Gasteiger partial charge in [-0.15, -0.1) is 0 Å². The normalized spacial score (nSPS) is 11.4. The summed E-state index contributed by atoms with van der Waals surface area (Å²) in [5.74, 6) is 0. The molecule has 0 amide bonds. The highest BCUT2D eigenvalue weighted by atomic mass is 19.3. The van der Waals surface area contributed by atoms with Gasteiger partial charge < -0.3 is 0 Å². The summed E-state index contributed by atoms with van der Waals surface area (Å²) in [6.07, 6.45) is 0.154. The Balaban J connectivity index is 3.01. The van der Waals surface area contributed by atoms with Crippen LogP contribution in [-0.2, 0) is 7.05 Å². The van der Waals surface area contributed by atoms with Gasteiger partial charge in [-0.25, -0.2) is 8.78 Å². The van der Waals surface area contributed by atoms with Crippen molar-refractivity contribution in [1.29, 1.82) is 0 Å². The smallest absolute Gasteiger partial charge is 0.275 e. The summed E-state index contributed by atoms with van der Waals surface area (Å²) in [5, 5.41) is 13.4. The van der Waals surface area contributed by atoms with Gasteiger partial charge in [0.1, 0.15) is 5.69 Å². The quantitative estimate of drug-likeness (QED) is 0.553. The summed E-state index contributed by atoms with van der Waals surface area (Å²) in [4.78, 5) is 9.24. The average molecular weight is 203 g/mol. The highest BCUT2D eigenvalue weighted by Crippen LogP contribution is 2.21. The van der Waals surface area contributed by atoms with Gasteiger partial charge in [-0.3, -0.25) is 14.8 Å². The number of alkyl halides is 2. The van der Waals surface area contributed by atoms with E-state index in [1.165, 1.54) is 17.9 Å². The van der Waals surface area contributed by atoms with Crippen molar-refractivity contribution in [2.24, 2.45) is 7.05 Å². The second-order valence-electron chi connectivity index (χ2n) is 2.55. The number of nitrogens with zero attached hydrogens (tertiary/aromatic N) is 3. The van der Waals surface area contributed by atoms with E-state index in [-0.39, 0.29) is 5.56 Å². The van der Waals surface area contributed by atoms with Crippen LogP contribution in [0, 0.1) is 10.1 Å². The maximum absolute atomic E-state index is 12.3. The minimum Gasteiger partial charge on any atom is -0.275 e. The van der Waals surface area contributed by atoms with Crippen molar-refractivity contribution in [3.63, 3.8) is 0 Å². The van der Waals surface area contributed by atoms with Crippen LogP contribution in [0.4, 0.5) is 8.78 Å². The molecule has 1 aromatic rings. The monoisotopic (exact) mass is 203 g/mol. The van der Waals surface area contributed by atoms with E-state index in [1.54, 1.807) is 0 Å². The van der Waals surface area contributed by atoms with Crippen LogP contribution in [0.5, 0.6) is 0 Å². The fraction of sp³-hybridized carbons (Fsp3) is 0.286. The average Bonchev–Trinajstić information content (AvgIpc) is 2.43. The lowest BCUT2D eigenvalue weighted by atomic mass is 10.2. The van der Waals surface area contributed by atoms with Crippen LogP contribution in [0.1, 0.15) is 17.7 Å². The third-order valence-electron chi connectivity index (χ3n) is 1.47. The van der Waals surface area contributed by atoms with Crippen molar-refractivity contribution in [2.75, 3.05) is 0 Å². The lowest BCUT2D eigenvalue weighted by Crippen LogP contribution is -1.91. The number of rotatable bonds is 3. The lowest BCUT2D eigenvalue weighted by Gasteiger charge is -1.92. The Hall–Kier alpha value is -1.79. The highest BCUT2D eigenvalue weighted by Gasteiger charge is 2.15. The van der Waals surface area contributed by atoms with Crippen LogP contribution in [0.25, 0.3) is 6.08 Å². The van der Waals surface area contributed by atoms with E-state index in [2.05, 4.69) is 5.10 Å². The van der Waals surface area contributed by atoms with Crippen molar-refractivity contribution < 1.29 is 13.7 Å². The number of hydrogen-bond acceptors (Lipinski definition) is 3. The zero-order valence-electron chi connectivity index (χ0n) is 7.22. The van der Waals surface area contributed by atoms with E-state index in [0.29, 0.717) is 6.20 Å². The molecule has 5 nitrogen and oxygen atoms in total. The summed E-state index contributed by atoms with van der Waals surface area (Å²) < 4.78 is 25.8. The molecule has 0 saturated heterocycles. The summed E-state index contributed by atoms with van der Waals surface area (Å²) in [5.41, 5.74) is -0.398. The Morgan fingerprint density at radius 2 is 2.36 bits per heavy atom. The molecule has 0 atom stereocenters. The predicted octanol–water partition coefficient (Wildman–Crippen LogP) is 1.61. The molecule has 0 radical (unpaired) electrons. The highest BCUT2D eigenvalue weighted by molar-refractivity contribution is 5.50. The SMILES string of the molecule is Cn1cc(/C=C/[N+](=O)[O-])c(C(F)F)n1. The second kappa shape index (κ2) is 3.95. The number of aryl methyl sites for hydroxylation is 1. The zero-order valence-corrected chi connectivity index (χ0v) is 7.22. The molecule has 0 saturated carbocycles. The number of halogens is 2. The van der Waals surface area contributed by atoms with E-state index in [1.807, 2.05) is 0 Å². The standard InChI is InChI=1S/C7H7F2N3O2/c1-11-4-5(2-3-12(13)14)6(10-11)7(8)9/h2-4,7H,1H3/b3-2+. The molecule has 1 aromatic heterocycles. The van der Waals surface area contributed by atoms with Gasteiger partial charge in [0.2, 0.25) is 6.20 Å². The van der Waals surface area contributed by atoms with Gasteiger partial charge in [0.05, 0.1) is 4.92 Å². The summed E-state index contributed by atoms with van der Waals surface area (Å²) in [6.45, 7) is 0. The number of hydrogen-bond donors (Lipinski definition) is 0. The molecule has 14 heavy (non-hydrogen) atoms. The molecule has 0 N–H and O–H groups in total. The molecular weight excluding hydrogens is 196 g/mol. The molecule has 0 aliphatic heterocycles. The summed E-state index contributed by atoms with van der Waals surface area (Å²) in [7, 11) is 1.47. The van der Waals surface area contributed by atoms with Crippen molar-refractivity contribution in [2.45, 2.75) is 6.43 Å². The predicted molar refractivity (Wildman–Crippen MR) is 44.2 cm³/mol. The van der Waals surface area contributed by atoms with E-state index in [4.69, 9.17) is 0 Å². The van der Waals surface area contributed by atoms with Crippen LogP contribution in [0.2, 0.25) is 0 Å². The maximum atomic E-state index is 12.3. The molecule has 0 bridgehead atoms. The van der Waals surface area contributed by atoms with E-state index < -0.39 is 17.0 Å². The van der Waals surface area contributed by atoms with Crippen molar-refractivity contribution in [3.05, 3.63) is 33.8 Å². The first-order valence-corrected chi connectivity index (χ1v) is 3.64. The zero-order chi connectivity index (χ0) is 10.7. The van der Waals surface area contributed by atoms with E-state index in [0.717, 1.165) is 6.08 Å². The molecule has 0 aromatic carbocycles. The van der Waals surface area contributed by atoms with Crippen LogP contribution in [0.15, 0.2) is 12.4 Å². The fourth-order valence-corrected chi connectivity index (χ4v) is 0.963. The first-order chi connectivity index (χ1) is 6.50. The van der Waals surface area contributed by atoms with Gasteiger partial charge in [0.15, 0.2) is 0 Å². The van der Waals surface area contributed by atoms with Crippen molar-refractivity contribution in [1.82, 2.24) is 9.78 Å². The first kappa shape index (κ1) is 10.3. The summed E-state index contributed by atoms with van der Waals surface area (Å²) in [6, 6.07) is 0. The van der Waals surface area contributed by atoms with Gasteiger partial charge >= 0.3 is 0 Å². The molecule has 0 spiro atoms. The molecule has 1 rings (SSSR count). The fourth-order valence-electron chi connectivity index (χ4n) is 0.963. The summed E-state index contributed by atoms with van der Waals surface area (Å²) >= 11 is 0. The van der Waals surface area contributed by atoms with Crippen LogP contribution in [0.3, 0.4) is 0 Å². The van der Waals surface area contributed by atoms with Crippen molar-refractivity contribution in [3.8, 4) is 0 Å². The molecule has 1 heterocycles. The topological polar surface area (TPSA) is 61.0 Å². The molecule has 76 valence electrons. The van der Waals surface area contributed by atoms with Crippen LogP contribution in [-0.4, -0.2) is 14.7 Å². The van der Waals surface area contributed by atoms with Crippen molar-refractivity contribution >= 4 is 6.08 Å². The number of aromatic nitrogens is 2. The van der Waals surface area contributed by atoms with Gasteiger partial charge in [-0.05, 0) is 0 Å². The van der Waals surface area contributed by atoms with Gasteiger partial charge in [-0.1, -0.05) is 0 Å². The molecule has 0 fully saturated rings. The Bertz CT molecular complexity index is 373. The number of nitro groups is 1. The van der Waals surface area contributed by atoms with Crippen LogP contribution >= 0.6 is 0 Å². The maximum Gasteiger partial charge on any atom is 0.282 e. The second-order valence-corrected chi connectivity index (χ2v) is 2.55. The first-order valence-electron chi connectivity index (χ1n) is 3.64. The lowest BCUT2D eigenvalue weighted by molar-refractivity contribution is -0.400. The Morgan fingerprint density at radius 3 is 2.86 bits per heavy atom.